The fraction of sp³-hybridized carbons (Fsp3) is 0.100. The van der Waals surface area contributed by atoms with Crippen molar-refractivity contribution in [1.82, 2.24) is 9.88 Å². The van der Waals surface area contributed by atoms with E-state index in [-0.39, 0.29) is 5.91 Å². The van der Waals surface area contributed by atoms with Crippen molar-refractivity contribution in [3.05, 3.63) is 118 Å². The number of thioether (sulfide) groups is 1. The van der Waals surface area contributed by atoms with Crippen molar-refractivity contribution in [2.75, 3.05) is 6.54 Å². The van der Waals surface area contributed by atoms with Crippen molar-refractivity contribution >= 4 is 45.4 Å². The Labute approximate surface area is 224 Å². The van der Waals surface area contributed by atoms with Gasteiger partial charge in [0.25, 0.3) is 5.91 Å². The van der Waals surface area contributed by atoms with Gasteiger partial charge in [-0.1, -0.05) is 78.4 Å². The summed E-state index contributed by atoms with van der Waals surface area (Å²) >= 11 is 2.80. The first-order chi connectivity index (χ1) is 18.1. The Hall–Kier alpha value is -3.94. The second kappa shape index (κ2) is 11.4. The average Bonchev–Trinajstić information content (AvgIpc) is 3.50. The van der Waals surface area contributed by atoms with Gasteiger partial charge in [0.2, 0.25) is 5.13 Å². The first kappa shape index (κ1) is 24.7. The first-order valence-electron chi connectivity index (χ1n) is 11.8. The molecule has 1 aromatic heterocycles. The molecule has 1 aliphatic heterocycles. The summed E-state index contributed by atoms with van der Waals surface area (Å²) in [7, 11) is 0. The molecule has 1 aliphatic rings. The van der Waals surface area contributed by atoms with E-state index in [1.807, 2.05) is 66.1 Å². The van der Waals surface area contributed by atoms with Crippen LogP contribution in [0.4, 0.5) is 5.13 Å². The fourth-order valence-corrected chi connectivity index (χ4v) is 5.46. The summed E-state index contributed by atoms with van der Waals surface area (Å²) in [5.41, 5.74) is 5.12. The van der Waals surface area contributed by atoms with Crippen LogP contribution in [0.25, 0.3) is 17.3 Å². The van der Waals surface area contributed by atoms with Gasteiger partial charge in [-0.2, -0.15) is 4.99 Å². The number of aryl methyl sites for hydroxylation is 1. The number of carbonyl (C=O) groups is 1. The van der Waals surface area contributed by atoms with E-state index in [1.165, 1.54) is 28.7 Å². The third-order valence-corrected chi connectivity index (χ3v) is 7.38. The Kier molecular flexibility index (Phi) is 7.63. The van der Waals surface area contributed by atoms with E-state index in [4.69, 9.17) is 9.73 Å². The highest BCUT2D eigenvalue weighted by molar-refractivity contribution is 8.18. The number of ether oxygens (including phenoxy) is 1. The Morgan fingerprint density at radius 3 is 2.65 bits per heavy atom. The largest absolute Gasteiger partial charge is 0.489 e. The van der Waals surface area contributed by atoms with Crippen LogP contribution in [-0.2, 0) is 11.4 Å². The Balaban J connectivity index is 1.34. The zero-order valence-electron chi connectivity index (χ0n) is 20.3. The van der Waals surface area contributed by atoms with Gasteiger partial charge >= 0.3 is 0 Å². The molecule has 1 amide bonds. The van der Waals surface area contributed by atoms with Gasteiger partial charge in [-0.05, 0) is 48.0 Å². The standard InChI is InChI=1S/C30H25N3O2S2/c1-3-16-33-28(34)27(37-30(33)32-29-31-26(20-36-29)24-9-5-4-6-10-24)18-23-8-7-11-25(17-23)35-19-22-14-12-21(2)13-15-22/h3-15,17-18,20H,1,16,19H2,2H3/b27-18-,32-30+. The normalized spacial score (nSPS) is 15.5. The van der Waals surface area contributed by atoms with Crippen molar-refractivity contribution in [3.63, 3.8) is 0 Å². The molecule has 4 aromatic rings. The van der Waals surface area contributed by atoms with Crippen LogP contribution in [0.1, 0.15) is 16.7 Å². The molecular formula is C30H25N3O2S2. The maximum atomic E-state index is 13.2. The SMILES string of the molecule is C=CCN1C(=O)/C(=C/c2cccc(OCc3ccc(C)cc3)c2)S/C1=N/c1nc(-c2ccccc2)cs1. The van der Waals surface area contributed by atoms with Gasteiger partial charge in [0.1, 0.15) is 12.4 Å². The molecule has 5 rings (SSSR count). The van der Waals surface area contributed by atoms with Crippen LogP contribution in [0.3, 0.4) is 0 Å². The highest BCUT2D eigenvalue weighted by atomic mass is 32.2. The van der Waals surface area contributed by atoms with Crippen LogP contribution in [0.2, 0.25) is 0 Å². The molecule has 0 atom stereocenters. The molecule has 0 aliphatic carbocycles. The molecule has 0 saturated carbocycles. The summed E-state index contributed by atoms with van der Waals surface area (Å²) in [5, 5.41) is 3.18. The van der Waals surface area contributed by atoms with Gasteiger partial charge in [0.15, 0.2) is 5.17 Å². The Morgan fingerprint density at radius 2 is 1.86 bits per heavy atom. The van der Waals surface area contributed by atoms with Gasteiger partial charge in [0, 0.05) is 17.5 Å². The molecule has 37 heavy (non-hydrogen) atoms. The third-order valence-electron chi connectivity index (χ3n) is 5.63. The van der Waals surface area contributed by atoms with E-state index >= 15 is 0 Å². The first-order valence-corrected chi connectivity index (χ1v) is 13.5. The van der Waals surface area contributed by atoms with Gasteiger partial charge in [-0.3, -0.25) is 9.69 Å². The molecule has 1 saturated heterocycles. The molecule has 7 heteroatoms. The third kappa shape index (κ3) is 6.07. The number of hydrogen-bond donors (Lipinski definition) is 0. The molecule has 2 heterocycles. The molecule has 1 fully saturated rings. The molecule has 0 radical (unpaired) electrons. The van der Waals surface area contributed by atoms with Crippen LogP contribution < -0.4 is 4.74 Å². The number of hydrogen-bond acceptors (Lipinski definition) is 6. The van der Waals surface area contributed by atoms with E-state index < -0.39 is 0 Å². The lowest BCUT2D eigenvalue weighted by molar-refractivity contribution is -0.121. The predicted octanol–water partition coefficient (Wildman–Crippen LogP) is 7.49. The molecular weight excluding hydrogens is 498 g/mol. The summed E-state index contributed by atoms with van der Waals surface area (Å²) < 4.78 is 5.99. The predicted molar refractivity (Wildman–Crippen MR) is 154 cm³/mol. The number of amides is 1. The van der Waals surface area contributed by atoms with Crippen LogP contribution in [-0.4, -0.2) is 27.5 Å². The van der Waals surface area contributed by atoms with Gasteiger partial charge in [0.05, 0.1) is 10.6 Å². The number of rotatable bonds is 8. The fourth-order valence-electron chi connectivity index (χ4n) is 3.72. The number of carbonyl (C=O) groups excluding carboxylic acids is 1. The molecule has 0 unspecified atom stereocenters. The highest BCUT2D eigenvalue weighted by Crippen LogP contribution is 2.36. The second-order valence-electron chi connectivity index (χ2n) is 8.44. The Bertz CT molecular complexity index is 1470. The van der Waals surface area contributed by atoms with Crippen LogP contribution >= 0.6 is 23.1 Å². The summed E-state index contributed by atoms with van der Waals surface area (Å²) in [6, 6.07) is 26.0. The summed E-state index contributed by atoms with van der Waals surface area (Å²) in [6.07, 6.45) is 3.58. The average molecular weight is 524 g/mol. The summed E-state index contributed by atoms with van der Waals surface area (Å²) in [5.74, 6) is 0.646. The minimum atomic E-state index is -0.102. The van der Waals surface area contributed by atoms with Gasteiger partial charge in [-0.25, -0.2) is 4.98 Å². The lowest BCUT2D eigenvalue weighted by Crippen LogP contribution is -2.29. The van der Waals surface area contributed by atoms with E-state index in [0.717, 1.165) is 28.1 Å². The molecule has 0 N–H and O–H groups in total. The number of nitrogens with zero attached hydrogens (tertiary/aromatic N) is 3. The van der Waals surface area contributed by atoms with Crippen molar-refractivity contribution in [1.29, 1.82) is 0 Å². The quantitative estimate of drug-likeness (QED) is 0.177. The van der Waals surface area contributed by atoms with E-state index in [2.05, 4.69) is 42.8 Å². The topological polar surface area (TPSA) is 54.8 Å². The van der Waals surface area contributed by atoms with Crippen molar-refractivity contribution < 1.29 is 9.53 Å². The number of aliphatic imine (C=N–C) groups is 1. The van der Waals surface area contributed by atoms with E-state index in [0.29, 0.717) is 28.4 Å². The maximum Gasteiger partial charge on any atom is 0.267 e. The van der Waals surface area contributed by atoms with E-state index in [9.17, 15) is 4.79 Å². The minimum Gasteiger partial charge on any atom is -0.489 e. The lowest BCUT2D eigenvalue weighted by Gasteiger charge is -2.11. The van der Waals surface area contributed by atoms with Crippen LogP contribution in [0, 0.1) is 6.92 Å². The van der Waals surface area contributed by atoms with Crippen molar-refractivity contribution in [3.8, 4) is 17.0 Å². The molecule has 5 nitrogen and oxygen atoms in total. The summed E-state index contributed by atoms with van der Waals surface area (Å²) in [6.45, 7) is 6.73. The second-order valence-corrected chi connectivity index (χ2v) is 10.3. The van der Waals surface area contributed by atoms with Crippen LogP contribution in [0.5, 0.6) is 5.75 Å². The number of aromatic nitrogens is 1. The number of amidine groups is 1. The lowest BCUT2D eigenvalue weighted by atomic mass is 10.1. The Morgan fingerprint density at radius 1 is 1.05 bits per heavy atom. The smallest absolute Gasteiger partial charge is 0.267 e. The zero-order valence-corrected chi connectivity index (χ0v) is 22.0. The molecule has 0 bridgehead atoms. The van der Waals surface area contributed by atoms with Gasteiger partial charge in [-0.15, -0.1) is 17.9 Å². The van der Waals surface area contributed by atoms with Gasteiger partial charge < -0.3 is 4.74 Å². The number of benzene rings is 3. The van der Waals surface area contributed by atoms with E-state index in [1.54, 1.807) is 11.0 Å². The molecule has 184 valence electrons. The van der Waals surface area contributed by atoms with Crippen LogP contribution in [0.15, 0.2) is 107 Å². The zero-order chi connectivity index (χ0) is 25.6. The minimum absolute atomic E-state index is 0.102. The highest BCUT2D eigenvalue weighted by Gasteiger charge is 2.33. The summed E-state index contributed by atoms with van der Waals surface area (Å²) in [4.78, 5) is 24.8. The number of thiazole rings is 1. The molecule has 0 spiro atoms. The van der Waals surface area contributed by atoms with Crippen molar-refractivity contribution in [2.45, 2.75) is 13.5 Å². The maximum absolute atomic E-state index is 13.2. The molecule has 3 aromatic carbocycles. The van der Waals surface area contributed by atoms with Crippen molar-refractivity contribution in [2.24, 2.45) is 4.99 Å². The monoisotopic (exact) mass is 523 g/mol.